The number of rotatable bonds is 16. The minimum atomic E-state index is -0.653. The number of carbonyl (C=O) groups is 1. The van der Waals surface area contributed by atoms with E-state index in [1.807, 2.05) is 0 Å². The molecule has 0 saturated heterocycles. The molecule has 0 aliphatic rings. The van der Waals surface area contributed by atoms with Crippen LogP contribution in [-0.2, 0) is 4.79 Å². The second-order valence-corrected chi connectivity index (χ2v) is 9.45. The molecule has 0 bridgehead atoms. The molecule has 0 aromatic rings. The van der Waals surface area contributed by atoms with Gasteiger partial charge in [0.15, 0.2) is 0 Å². The van der Waals surface area contributed by atoms with Crippen LogP contribution in [0.3, 0.4) is 0 Å². The molecule has 0 aromatic heterocycles. The molecular weight excluding hydrogens is 391 g/mol. The fourth-order valence-electron chi connectivity index (χ4n) is 2.65. The Morgan fingerprint density at radius 2 is 0.913 bits per heavy atom. The quantitative estimate of drug-likeness (QED) is 0.208. The van der Waals surface area contributed by atoms with E-state index in [-0.39, 0.29) is 21.1 Å². The Morgan fingerprint density at radius 1 is 0.652 bits per heavy atom. The topological polar surface area (TPSA) is 37.3 Å². The van der Waals surface area contributed by atoms with Crippen molar-refractivity contribution in [2.24, 2.45) is 0 Å². The molecule has 2 nitrogen and oxygen atoms in total. The van der Waals surface area contributed by atoms with Crippen LogP contribution in [0.5, 0.6) is 0 Å². The van der Waals surface area contributed by atoms with Gasteiger partial charge < -0.3 is 5.11 Å². The van der Waals surface area contributed by atoms with E-state index >= 15 is 0 Å². The van der Waals surface area contributed by atoms with Crippen LogP contribution in [0.2, 0.25) is 9.88 Å². The molecule has 0 aliphatic heterocycles. The number of unbranched alkanes of at least 4 members (excludes halogenated alkanes) is 14. The fourth-order valence-corrected chi connectivity index (χ4v) is 2.65. The molecule has 0 amide bonds. The van der Waals surface area contributed by atoms with Crippen molar-refractivity contribution in [3.63, 3.8) is 0 Å². The Kier molecular flexibility index (Phi) is 27.2. The molecule has 0 atom stereocenters. The van der Waals surface area contributed by atoms with Crippen molar-refractivity contribution >= 4 is 27.1 Å². The maximum atomic E-state index is 10.3. The molecule has 0 heterocycles. The molecule has 3 heteroatoms. The first-order valence-electron chi connectivity index (χ1n) is 9.99. The van der Waals surface area contributed by atoms with Gasteiger partial charge in [0.05, 0.1) is 0 Å². The van der Waals surface area contributed by atoms with Gasteiger partial charge in [-0.15, -0.1) is 0 Å². The van der Waals surface area contributed by atoms with E-state index in [1.165, 1.54) is 83.5 Å². The molecule has 0 rings (SSSR count). The Balaban J connectivity index is 0. The molecule has 0 saturated carbocycles. The Labute approximate surface area is 156 Å². The SMILES string of the molecule is CCCCCCCCCCCCCCCCCC(=O)O.[CH3][Sn][CH3]. The van der Waals surface area contributed by atoms with E-state index in [0.717, 1.165) is 12.8 Å². The van der Waals surface area contributed by atoms with Crippen molar-refractivity contribution in [3.8, 4) is 0 Å². The summed E-state index contributed by atoms with van der Waals surface area (Å²) >= 11 is 0.230. The summed E-state index contributed by atoms with van der Waals surface area (Å²) in [5, 5.41) is 8.52. The zero-order valence-electron chi connectivity index (χ0n) is 16.2. The fraction of sp³-hybridized carbons (Fsp3) is 0.950. The predicted molar refractivity (Wildman–Crippen MR) is 105 cm³/mol. The number of aliphatic carboxylic acids is 1. The average molecular weight is 433 g/mol. The summed E-state index contributed by atoms with van der Waals surface area (Å²) in [5.41, 5.74) is 0. The Bertz CT molecular complexity index is 220. The van der Waals surface area contributed by atoms with Gasteiger partial charge in [-0.2, -0.15) is 0 Å². The first-order valence-corrected chi connectivity index (χ1v) is 15.7. The van der Waals surface area contributed by atoms with Crippen LogP contribution in [0.25, 0.3) is 0 Å². The molecule has 2 radical (unpaired) electrons. The average Bonchev–Trinajstić information content (AvgIpc) is 2.51. The van der Waals surface area contributed by atoms with Crippen molar-refractivity contribution in [2.75, 3.05) is 0 Å². The van der Waals surface area contributed by atoms with E-state index in [4.69, 9.17) is 5.11 Å². The zero-order valence-corrected chi connectivity index (χ0v) is 19.0. The molecule has 138 valence electrons. The van der Waals surface area contributed by atoms with Crippen LogP contribution in [0.15, 0.2) is 0 Å². The van der Waals surface area contributed by atoms with E-state index in [1.54, 1.807) is 0 Å². The molecule has 0 aromatic carbocycles. The minimum absolute atomic E-state index is 0.230. The van der Waals surface area contributed by atoms with Crippen LogP contribution in [0.1, 0.15) is 110 Å². The van der Waals surface area contributed by atoms with Gasteiger partial charge in [0, 0.05) is 6.42 Å². The number of carboxylic acids is 1. The second-order valence-electron chi connectivity index (χ2n) is 6.59. The van der Waals surface area contributed by atoms with Crippen molar-refractivity contribution in [3.05, 3.63) is 0 Å². The number of hydrogen-bond acceptors (Lipinski definition) is 1. The van der Waals surface area contributed by atoms with Crippen LogP contribution in [0, 0.1) is 0 Å². The van der Waals surface area contributed by atoms with E-state index in [9.17, 15) is 4.79 Å². The molecule has 0 fully saturated rings. The Hall–Kier alpha value is 0.269. The molecule has 0 aliphatic carbocycles. The normalized spacial score (nSPS) is 10.2. The first-order chi connectivity index (χ1) is 11.2. The molecule has 0 spiro atoms. The monoisotopic (exact) mass is 434 g/mol. The third-order valence-corrected chi connectivity index (χ3v) is 3.99. The van der Waals surface area contributed by atoms with Crippen molar-refractivity contribution in [1.82, 2.24) is 0 Å². The van der Waals surface area contributed by atoms with Crippen LogP contribution >= 0.6 is 0 Å². The van der Waals surface area contributed by atoms with Crippen molar-refractivity contribution in [1.29, 1.82) is 0 Å². The summed E-state index contributed by atoms with van der Waals surface area (Å²) in [6, 6.07) is 0. The molecule has 23 heavy (non-hydrogen) atoms. The van der Waals surface area contributed by atoms with Crippen molar-refractivity contribution in [2.45, 2.75) is 120 Å². The van der Waals surface area contributed by atoms with E-state index < -0.39 is 5.97 Å². The number of hydrogen-bond donors (Lipinski definition) is 1. The predicted octanol–water partition coefficient (Wildman–Crippen LogP) is 7.12. The summed E-state index contributed by atoms with van der Waals surface area (Å²) < 4.78 is 0. The zero-order chi connectivity index (χ0) is 17.6. The third-order valence-electron chi connectivity index (χ3n) is 3.99. The van der Waals surface area contributed by atoms with Gasteiger partial charge in [-0.05, 0) is 6.42 Å². The van der Waals surface area contributed by atoms with Crippen molar-refractivity contribution < 1.29 is 9.90 Å². The maximum absolute atomic E-state index is 10.3. The third kappa shape index (κ3) is 30.7. The van der Waals surface area contributed by atoms with Crippen LogP contribution in [0.4, 0.5) is 0 Å². The van der Waals surface area contributed by atoms with Gasteiger partial charge in [-0.1, -0.05) is 96.8 Å². The van der Waals surface area contributed by atoms with Gasteiger partial charge in [0.2, 0.25) is 0 Å². The van der Waals surface area contributed by atoms with Gasteiger partial charge in [-0.3, -0.25) is 4.79 Å². The second kappa shape index (κ2) is 24.5. The Morgan fingerprint density at radius 3 is 1.17 bits per heavy atom. The van der Waals surface area contributed by atoms with Gasteiger partial charge >= 0.3 is 37.0 Å². The molecule has 0 unspecified atom stereocenters. The molecular formula is C20H42O2Sn. The summed E-state index contributed by atoms with van der Waals surface area (Å²) in [6.45, 7) is 2.27. The summed E-state index contributed by atoms with van der Waals surface area (Å²) in [5.74, 6) is -0.653. The standard InChI is InChI=1S/C18H36O2.2CH3.Sn/c1-2-3-4-5-6-7-8-9-10-11-12-13-14-15-16-17-18(19)20;;;/h2-17H2,1H3,(H,19,20);2*1H3;. The van der Waals surface area contributed by atoms with E-state index in [0.29, 0.717) is 6.42 Å². The molecule has 1 N–H and O–H groups in total. The summed E-state index contributed by atoms with van der Waals surface area (Å²) in [6.07, 6.45) is 20.2. The van der Waals surface area contributed by atoms with E-state index in [2.05, 4.69) is 16.8 Å². The van der Waals surface area contributed by atoms with Gasteiger partial charge in [0.1, 0.15) is 0 Å². The summed E-state index contributed by atoms with van der Waals surface area (Å²) in [4.78, 5) is 14.9. The van der Waals surface area contributed by atoms with Gasteiger partial charge in [-0.25, -0.2) is 0 Å². The first kappa shape index (κ1) is 25.5. The number of carboxylic acid groups (broad SMARTS) is 1. The van der Waals surface area contributed by atoms with Gasteiger partial charge in [0.25, 0.3) is 0 Å². The van der Waals surface area contributed by atoms with Crippen LogP contribution in [-0.4, -0.2) is 32.2 Å². The summed E-state index contributed by atoms with van der Waals surface area (Å²) in [7, 11) is 0. The van der Waals surface area contributed by atoms with Crippen LogP contribution < -0.4 is 0 Å².